The summed E-state index contributed by atoms with van der Waals surface area (Å²) in [4.78, 5) is 18.8. The van der Waals surface area contributed by atoms with Crippen molar-refractivity contribution >= 4 is 29.3 Å². The zero-order valence-corrected chi connectivity index (χ0v) is 11.6. The number of rotatable bonds is 4. The molecule has 1 aromatic heterocycles. The topological polar surface area (TPSA) is 108 Å². The lowest BCUT2D eigenvalue weighted by Crippen LogP contribution is -2.37. The Morgan fingerprint density at radius 2 is 2.16 bits per heavy atom. The minimum atomic E-state index is 0.0353. The molecule has 1 amide bonds. The first kappa shape index (κ1) is 13.9. The highest BCUT2D eigenvalue weighted by atomic mass is 32.2. The second-order valence-corrected chi connectivity index (χ2v) is 5.72. The Hall–Kier alpha value is -1.50. The molecule has 104 valence electrons. The van der Waals surface area contributed by atoms with Crippen molar-refractivity contribution in [3.8, 4) is 0 Å². The van der Waals surface area contributed by atoms with Crippen LogP contribution in [0.3, 0.4) is 0 Å². The Morgan fingerprint density at radius 1 is 1.42 bits per heavy atom. The van der Waals surface area contributed by atoms with Crippen molar-refractivity contribution in [2.24, 2.45) is 0 Å². The van der Waals surface area contributed by atoms with Gasteiger partial charge in [0.05, 0.1) is 11.8 Å². The van der Waals surface area contributed by atoms with Gasteiger partial charge in [-0.15, -0.1) is 0 Å². The van der Waals surface area contributed by atoms with E-state index in [2.05, 4.69) is 15.3 Å². The highest BCUT2D eigenvalue weighted by Gasteiger charge is 2.17. The molecule has 0 spiro atoms. The molecule has 1 aromatic rings. The average molecular weight is 282 g/mol. The Balaban J connectivity index is 1.79. The fourth-order valence-corrected chi connectivity index (χ4v) is 2.93. The third-order valence-electron chi connectivity index (χ3n) is 3.10. The minimum absolute atomic E-state index is 0.0353. The van der Waals surface area contributed by atoms with Crippen LogP contribution in [0.15, 0.2) is 11.2 Å². The first-order valence-corrected chi connectivity index (χ1v) is 7.49. The maximum Gasteiger partial charge on any atom is 0.299 e. The summed E-state index contributed by atoms with van der Waals surface area (Å²) >= 11 is 1.31. The van der Waals surface area contributed by atoms with Gasteiger partial charge < -0.3 is 16.8 Å². The quantitative estimate of drug-likeness (QED) is 0.553. The summed E-state index contributed by atoms with van der Waals surface area (Å²) in [5.74, 6) is 1.16. The van der Waals surface area contributed by atoms with Gasteiger partial charge in [0.25, 0.3) is 5.16 Å². The lowest BCUT2D eigenvalue weighted by Gasteiger charge is -2.22. The van der Waals surface area contributed by atoms with E-state index in [1.54, 1.807) is 6.07 Å². The number of nitrogens with two attached hydrogens (primary N) is 2. The highest BCUT2D eigenvalue weighted by Crippen LogP contribution is 2.18. The molecular formula is C12H20N5OS+. The molecule has 6 N–H and O–H groups in total. The van der Waals surface area contributed by atoms with E-state index in [1.807, 2.05) is 0 Å². The van der Waals surface area contributed by atoms with Crippen molar-refractivity contribution in [1.29, 1.82) is 0 Å². The zero-order valence-electron chi connectivity index (χ0n) is 10.8. The van der Waals surface area contributed by atoms with Crippen molar-refractivity contribution < 1.29 is 9.78 Å². The molecule has 0 unspecified atom stereocenters. The van der Waals surface area contributed by atoms with Crippen molar-refractivity contribution in [2.45, 2.75) is 43.3 Å². The number of nitrogens with zero attached hydrogens (tertiary/aromatic N) is 1. The van der Waals surface area contributed by atoms with Crippen LogP contribution in [0.25, 0.3) is 0 Å². The van der Waals surface area contributed by atoms with E-state index in [9.17, 15) is 4.79 Å². The number of thioether (sulfide) groups is 1. The third-order valence-corrected chi connectivity index (χ3v) is 3.97. The van der Waals surface area contributed by atoms with Crippen molar-refractivity contribution in [3.05, 3.63) is 6.07 Å². The lowest BCUT2D eigenvalue weighted by molar-refractivity contribution is -0.416. The summed E-state index contributed by atoms with van der Waals surface area (Å²) in [5.41, 5.74) is 11.2. The van der Waals surface area contributed by atoms with Gasteiger partial charge in [-0.3, -0.25) is 4.79 Å². The second kappa shape index (κ2) is 6.60. The predicted molar refractivity (Wildman–Crippen MR) is 75.4 cm³/mol. The number of aromatic amines is 1. The monoisotopic (exact) mass is 282 g/mol. The first-order chi connectivity index (χ1) is 9.13. The lowest BCUT2D eigenvalue weighted by atomic mass is 9.95. The van der Waals surface area contributed by atoms with Crippen LogP contribution in [-0.2, 0) is 4.79 Å². The molecule has 0 saturated heterocycles. The van der Waals surface area contributed by atoms with Crippen LogP contribution in [0.4, 0.5) is 11.6 Å². The summed E-state index contributed by atoms with van der Waals surface area (Å²) in [6, 6.07) is 1.89. The van der Waals surface area contributed by atoms with E-state index in [4.69, 9.17) is 11.5 Å². The van der Waals surface area contributed by atoms with Crippen molar-refractivity contribution in [1.82, 2.24) is 10.3 Å². The summed E-state index contributed by atoms with van der Waals surface area (Å²) < 4.78 is 0. The van der Waals surface area contributed by atoms with Crippen molar-refractivity contribution in [3.63, 3.8) is 0 Å². The number of nitrogens with one attached hydrogen (secondary N) is 2. The molecule has 1 fully saturated rings. The van der Waals surface area contributed by atoms with Gasteiger partial charge >= 0.3 is 0 Å². The summed E-state index contributed by atoms with van der Waals surface area (Å²) in [7, 11) is 0. The first-order valence-electron chi connectivity index (χ1n) is 6.51. The van der Waals surface area contributed by atoms with Gasteiger partial charge in [0.15, 0.2) is 0 Å². The molecule has 19 heavy (non-hydrogen) atoms. The molecular weight excluding hydrogens is 262 g/mol. The largest absolute Gasteiger partial charge is 0.370 e. The molecule has 6 nitrogen and oxygen atoms in total. The number of aromatic nitrogens is 2. The van der Waals surface area contributed by atoms with E-state index in [0.29, 0.717) is 28.6 Å². The standard InChI is InChI=1S/C12H19N5OS/c13-9-6-10(14)17-12(16-9)19-7-11(18)15-8-4-2-1-3-5-8/h6,8H,1-5,7H2,(H,15,18)(H4,13,14,16,17)/p+1. The molecule has 0 bridgehead atoms. The number of carbonyl (C=O) groups excluding carboxylic acids is 1. The minimum Gasteiger partial charge on any atom is -0.370 e. The highest BCUT2D eigenvalue weighted by molar-refractivity contribution is 7.99. The molecule has 1 aliphatic rings. The van der Waals surface area contributed by atoms with Gasteiger partial charge in [0.1, 0.15) is 0 Å². The summed E-state index contributed by atoms with van der Waals surface area (Å²) in [5, 5.41) is 3.62. The molecule has 2 rings (SSSR count). The van der Waals surface area contributed by atoms with Crippen molar-refractivity contribution in [2.75, 3.05) is 17.2 Å². The molecule has 1 heterocycles. The molecule has 0 atom stereocenters. The third kappa shape index (κ3) is 4.59. The number of nitrogen functional groups attached to an aromatic ring is 2. The Labute approximate surface area is 116 Å². The fraction of sp³-hybridized carbons (Fsp3) is 0.583. The Bertz CT molecular complexity index is 427. The van der Waals surface area contributed by atoms with E-state index in [0.717, 1.165) is 12.8 Å². The molecule has 0 aliphatic heterocycles. The molecule has 1 saturated carbocycles. The van der Waals surface area contributed by atoms with Crippen LogP contribution >= 0.6 is 11.8 Å². The van der Waals surface area contributed by atoms with Gasteiger partial charge in [0.2, 0.25) is 17.5 Å². The van der Waals surface area contributed by atoms with E-state index < -0.39 is 0 Å². The number of hydrogen-bond acceptors (Lipinski definition) is 5. The van der Waals surface area contributed by atoms with Gasteiger partial charge in [-0.25, -0.2) is 4.98 Å². The van der Waals surface area contributed by atoms with E-state index >= 15 is 0 Å². The van der Waals surface area contributed by atoms with Crippen LogP contribution < -0.4 is 21.8 Å². The van der Waals surface area contributed by atoms with Crippen LogP contribution in [0, 0.1) is 0 Å². The Morgan fingerprint density at radius 3 is 2.84 bits per heavy atom. The number of H-pyrrole nitrogens is 1. The van der Waals surface area contributed by atoms with Gasteiger partial charge in [-0.1, -0.05) is 24.2 Å². The average Bonchev–Trinajstić information content (AvgIpc) is 2.36. The molecule has 1 aliphatic carbocycles. The van der Waals surface area contributed by atoms with Crippen LogP contribution in [0.1, 0.15) is 32.1 Å². The predicted octanol–water partition coefficient (Wildman–Crippen LogP) is 0.601. The number of amides is 1. The number of hydrogen-bond donors (Lipinski definition) is 3. The van der Waals surface area contributed by atoms with Crippen LogP contribution in [-0.4, -0.2) is 22.7 Å². The maximum atomic E-state index is 11.8. The summed E-state index contributed by atoms with van der Waals surface area (Å²) in [6.07, 6.45) is 5.87. The van der Waals surface area contributed by atoms with Crippen LogP contribution in [0.5, 0.6) is 0 Å². The van der Waals surface area contributed by atoms with Gasteiger partial charge in [0, 0.05) is 6.04 Å². The van der Waals surface area contributed by atoms with Crippen LogP contribution in [0.2, 0.25) is 0 Å². The van der Waals surface area contributed by atoms with Gasteiger partial charge in [-0.2, -0.15) is 0 Å². The van der Waals surface area contributed by atoms with E-state index in [1.165, 1.54) is 31.0 Å². The molecule has 0 aromatic carbocycles. The maximum absolute atomic E-state index is 11.8. The smallest absolute Gasteiger partial charge is 0.299 e. The number of anilines is 2. The normalized spacial score (nSPS) is 16.2. The van der Waals surface area contributed by atoms with E-state index in [-0.39, 0.29) is 5.91 Å². The van der Waals surface area contributed by atoms with Gasteiger partial charge in [-0.05, 0) is 24.6 Å². The fourth-order valence-electron chi connectivity index (χ4n) is 2.21. The Kier molecular flexibility index (Phi) is 4.84. The summed E-state index contributed by atoms with van der Waals surface area (Å²) in [6.45, 7) is 0. The zero-order chi connectivity index (χ0) is 13.7. The molecule has 7 heteroatoms. The molecule has 0 radical (unpaired) electrons. The number of carbonyl (C=O) groups is 1. The second-order valence-electron chi connectivity index (χ2n) is 4.76. The SMILES string of the molecule is Nc1cc(N)[nH+]c(SCC(=O)NC2CCCCC2)n1.